The van der Waals surface area contributed by atoms with E-state index in [2.05, 4.69) is 27.0 Å². The molecule has 18 heavy (non-hydrogen) atoms. The third kappa shape index (κ3) is 1.75. The van der Waals surface area contributed by atoms with E-state index in [1.165, 1.54) is 0 Å². The van der Waals surface area contributed by atoms with Gasteiger partial charge in [0.05, 0.1) is 23.5 Å². The van der Waals surface area contributed by atoms with Crippen molar-refractivity contribution in [1.29, 1.82) is 5.26 Å². The molecule has 0 amide bonds. The average molecular weight is 297 g/mol. The highest BCUT2D eigenvalue weighted by molar-refractivity contribution is 9.10. The molecule has 0 fully saturated rings. The largest absolute Gasteiger partial charge is 0.248 e. The number of pyridine rings is 1. The first kappa shape index (κ1) is 11.2. The van der Waals surface area contributed by atoms with Crippen LogP contribution in [-0.4, -0.2) is 4.98 Å². The number of hydrogen-bond acceptors (Lipinski definition) is 2. The number of hydrogen-bond donors (Lipinski definition) is 0. The van der Waals surface area contributed by atoms with E-state index >= 15 is 0 Å². The topological polar surface area (TPSA) is 36.7 Å². The zero-order valence-electron chi connectivity index (χ0n) is 9.52. The smallest absolute Gasteiger partial charge is 0.0713 e. The predicted molar refractivity (Wildman–Crippen MR) is 76.3 cm³/mol. The zero-order chi connectivity index (χ0) is 12.5. The number of nitriles is 1. The zero-order valence-corrected chi connectivity index (χ0v) is 11.1. The number of fused-ring (bicyclic) bond motifs is 2. The molecule has 0 saturated heterocycles. The van der Waals surface area contributed by atoms with E-state index in [-0.39, 0.29) is 0 Å². The molecule has 0 radical (unpaired) electrons. The summed E-state index contributed by atoms with van der Waals surface area (Å²) in [7, 11) is 0. The Morgan fingerprint density at radius 3 is 2.67 bits per heavy atom. The standard InChI is InChI=1S/C15H9BrN2/c16-10-5-6-15-13(9-10)11(7-8-17)12-3-1-2-4-14(12)18-15/h1-6,9H,7H2. The minimum atomic E-state index is 0.399. The lowest BCUT2D eigenvalue weighted by molar-refractivity contribution is 1.30. The van der Waals surface area contributed by atoms with Crippen molar-refractivity contribution in [3.8, 4) is 6.07 Å². The Balaban J connectivity index is 2.51. The SMILES string of the molecule is N#CCc1c2ccccc2nc2ccc(Br)cc12. The highest BCUT2D eigenvalue weighted by Crippen LogP contribution is 2.28. The van der Waals surface area contributed by atoms with E-state index in [1.807, 2.05) is 42.5 Å². The van der Waals surface area contributed by atoms with Crippen LogP contribution in [0.2, 0.25) is 0 Å². The van der Waals surface area contributed by atoms with E-state index in [0.29, 0.717) is 6.42 Å². The lowest BCUT2D eigenvalue weighted by Gasteiger charge is -2.08. The fourth-order valence-corrected chi connectivity index (χ4v) is 2.58. The number of para-hydroxylation sites is 1. The first-order valence-corrected chi connectivity index (χ1v) is 6.43. The fraction of sp³-hybridized carbons (Fsp3) is 0.0667. The molecule has 3 heteroatoms. The monoisotopic (exact) mass is 296 g/mol. The Morgan fingerprint density at radius 1 is 1.06 bits per heavy atom. The lowest BCUT2D eigenvalue weighted by atomic mass is 10.0. The highest BCUT2D eigenvalue weighted by Gasteiger charge is 2.08. The van der Waals surface area contributed by atoms with Gasteiger partial charge in [0, 0.05) is 15.2 Å². The molecule has 0 bridgehead atoms. The van der Waals surface area contributed by atoms with Gasteiger partial charge in [-0.15, -0.1) is 0 Å². The summed E-state index contributed by atoms with van der Waals surface area (Å²) in [5.41, 5.74) is 2.93. The summed E-state index contributed by atoms with van der Waals surface area (Å²) in [6, 6.07) is 16.2. The van der Waals surface area contributed by atoms with Crippen molar-refractivity contribution < 1.29 is 0 Å². The van der Waals surface area contributed by atoms with Gasteiger partial charge in [-0.05, 0) is 29.8 Å². The molecular weight excluding hydrogens is 288 g/mol. The lowest BCUT2D eigenvalue weighted by Crippen LogP contribution is -1.91. The summed E-state index contributed by atoms with van der Waals surface area (Å²) in [6.07, 6.45) is 0.399. The second-order valence-electron chi connectivity index (χ2n) is 4.10. The van der Waals surface area contributed by atoms with Crippen LogP contribution in [0.1, 0.15) is 5.56 Å². The number of halogens is 1. The average Bonchev–Trinajstić information content (AvgIpc) is 2.39. The first-order chi connectivity index (χ1) is 8.79. The van der Waals surface area contributed by atoms with Gasteiger partial charge in [-0.2, -0.15) is 5.26 Å². The number of rotatable bonds is 1. The molecule has 0 aliphatic heterocycles. The van der Waals surface area contributed by atoms with Gasteiger partial charge in [-0.1, -0.05) is 34.1 Å². The predicted octanol–water partition coefficient (Wildman–Crippen LogP) is 4.22. The number of nitrogens with zero attached hydrogens (tertiary/aromatic N) is 2. The molecular formula is C15H9BrN2. The second-order valence-corrected chi connectivity index (χ2v) is 5.02. The maximum Gasteiger partial charge on any atom is 0.0713 e. The van der Waals surface area contributed by atoms with E-state index in [0.717, 1.165) is 31.8 Å². The molecule has 86 valence electrons. The van der Waals surface area contributed by atoms with Crippen LogP contribution >= 0.6 is 15.9 Å². The summed E-state index contributed by atoms with van der Waals surface area (Å²) < 4.78 is 1.01. The maximum atomic E-state index is 9.03. The molecule has 2 aromatic carbocycles. The molecule has 3 aromatic rings. The van der Waals surface area contributed by atoms with Gasteiger partial charge < -0.3 is 0 Å². The summed E-state index contributed by atoms with van der Waals surface area (Å²) in [4.78, 5) is 4.63. The molecule has 0 N–H and O–H groups in total. The normalized spacial score (nSPS) is 10.7. The Morgan fingerprint density at radius 2 is 1.83 bits per heavy atom. The summed E-state index contributed by atoms with van der Waals surface area (Å²) in [5, 5.41) is 11.1. The Labute approximate surface area is 113 Å². The maximum absolute atomic E-state index is 9.03. The van der Waals surface area contributed by atoms with Crippen LogP contribution in [0, 0.1) is 11.3 Å². The summed E-state index contributed by atoms with van der Waals surface area (Å²) in [5.74, 6) is 0. The number of aromatic nitrogens is 1. The molecule has 0 atom stereocenters. The highest BCUT2D eigenvalue weighted by atomic mass is 79.9. The van der Waals surface area contributed by atoms with Crippen LogP contribution in [-0.2, 0) is 6.42 Å². The van der Waals surface area contributed by atoms with Crippen LogP contribution in [0.15, 0.2) is 46.9 Å². The molecule has 3 rings (SSSR count). The molecule has 0 saturated carbocycles. The molecule has 0 aliphatic carbocycles. The Hall–Kier alpha value is -1.92. The molecule has 0 aliphatic rings. The van der Waals surface area contributed by atoms with Gasteiger partial charge in [0.15, 0.2) is 0 Å². The van der Waals surface area contributed by atoms with Gasteiger partial charge >= 0.3 is 0 Å². The van der Waals surface area contributed by atoms with Crippen LogP contribution in [0.25, 0.3) is 21.8 Å². The Bertz CT molecular complexity index is 787. The third-order valence-corrected chi connectivity index (χ3v) is 3.50. The van der Waals surface area contributed by atoms with Crippen LogP contribution in [0.5, 0.6) is 0 Å². The van der Waals surface area contributed by atoms with E-state index in [9.17, 15) is 0 Å². The van der Waals surface area contributed by atoms with E-state index in [1.54, 1.807) is 0 Å². The Kier molecular flexibility index (Phi) is 2.73. The minimum Gasteiger partial charge on any atom is -0.248 e. The fourth-order valence-electron chi connectivity index (χ4n) is 2.22. The molecule has 0 unspecified atom stereocenters. The van der Waals surface area contributed by atoms with Crippen molar-refractivity contribution in [3.63, 3.8) is 0 Å². The molecule has 1 heterocycles. The van der Waals surface area contributed by atoms with Gasteiger partial charge in [0.2, 0.25) is 0 Å². The van der Waals surface area contributed by atoms with Gasteiger partial charge in [-0.25, -0.2) is 4.98 Å². The summed E-state index contributed by atoms with van der Waals surface area (Å²) in [6.45, 7) is 0. The van der Waals surface area contributed by atoms with Gasteiger partial charge in [0.25, 0.3) is 0 Å². The van der Waals surface area contributed by atoms with Crippen molar-refractivity contribution in [2.45, 2.75) is 6.42 Å². The van der Waals surface area contributed by atoms with Crippen molar-refractivity contribution >= 4 is 37.7 Å². The molecule has 0 spiro atoms. The second kappa shape index (κ2) is 4.40. The van der Waals surface area contributed by atoms with Crippen molar-refractivity contribution in [2.24, 2.45) is 0 Å². The van der Waals surface area contributed by atoms with Crippen molar-refractivity contribution in [2.75, 3.05) is 0 Å². The van der Waals surface area contributed by atoms with E-state index in [4.69, 9.17) is 5.26 Å². The van der Waals surface area contributed by atoms with Crippen LogP contribution in [0.4, 0.5) is 0 Å². The van der Waals surface area contributed by atoms with Crippen LogP contribution in [0.3, 0.4) is 0 Å². The van der Waals surface area contributed by atoms with E-state index < -0.39 is 0 Å². The molecule has 2 nitrogen and oxygen atoms in total. The minimum absolute atomic E-state index is 0.399. The third-order valence-electron chi connectivity index (χ3n) is 3.01. The van der Waals surface area contributed by atoms with Crippen molar-refractivity contribution in [1.82, 2.24) is 4.98 Å². The first-order valence-electron chi connectivity index (χ1n) is 5.63. The summed E-state index contributed by atoms with van der Waals surface area (Å²) >= 11 is 3.47. The van der Waals surface area contributed by atoms with Gasteiger partial charge in [-0.3, -0.25) is 0 Å². The van der Waals surface area contributed by atoms with Crippen molar-refractivity contribution in [3.05, 3.63) is 52.5 Å². The van der Waals surface area contributed by atoms with Gasteiger partial charge in [0.1, 0.15) is 0 Å². The quantitative estimate of drug-likeness (QED) is 0.631. The van der Waals surface area contributed by atoms with Crippen LogP contribution < -0.4 is 0 Å². The molecule has 1 aromatic heterocycles. The number of benzene rings is 2.